The van der Waals surface area contributed by atoms with Crippen LogP contribution in [0.5, 0.6) is 0 Å². The van der Waals surface area contributed by atoms with Crippen LogP contribution in [0.3, 0.4) is 0 Å². The lowest BCUT2D eigenvalue weighted by Crippen LogP contribution is -2.39. The summed E-state index contributed by atoms with van der Waals surface area (Å²) in [7, 11) is -2.04. The summed E-state index contributed by atoms with van der Waals surface area (Å²) in [6.07, 6.45) is 3.34. The average Bonchev–Trinajstić information content (AvgIpc) is 2.54. The largest absolute Gasteiger partial charge is 0.376 e. The lowest BCUT2D eigenvalue weighted by atomic mass is 10.1. The first-order valence-electron chi connectivity index (χ1n) is 7.08. The number of amides is 1. The Kier molecular flexibility index (Phi) is 5.19. The highest BCUT2D eigenvalue weighted by Crippen LogP contribution is 2.14. The smallest absolute Gasteiger partial charge is 0.241 e. The van der Waals surface area contributed by atoms with Crippen LogP contribution in [0.15, 0.2) is 29.2 Å². The molecule has 1 amide bonds. The summed E-state index contributed by atoms with van der Waals surface area (Å²) in [5.41, 5.74) is 0.732. The molecule has 1 fully saturated rings. The van der Waals surface area contributed by atoms with E-state index in [4.69, 9.17) is 0 Å². The molecule has 0 atom stereocenters. The van der Waals surface area contributed by atoms with Crippen molar-refractivity contribution in [3.63, 3.8) is 0 Å². The van der Waals surface area contributed by atoms with Gasteiger partial charge in [-0.2, -0.15) is 0 Å². The van der Waals surface area contributed by atoms with E-state index < -0.39 is 10.0 Å². The molecular formula is C14H21N3O3S. The van der Waals surface area contributed by atoms with Gasteiger partial charge in [-0.15, -0.1) is 0 Å². The Labute approximate surface area is 125 Å². The van der Waals surface area contributed by atoms with Gasteiger partial charge in [0.05, 0.1) is 11.4 Å². The zero-order valence-corrected chi connectivity index (χ0v) is 12.9. The number of nitrogens with one attached hydrogen (secondary N) is 2. The maximum absolute atomic E-state index is 12.0. The summed E-state index contributed by atoms with van der Waals surface area (Å²) in [5.74, 6) is 0.0848. The molecule has 0 unspecified atom stereocenters. The number of benzene rings is 1. The summed E-state index contributed by atoms with van der Waals surface area (Å²) in [6, 6.07) is 6.35. The molecule has 7 heteroatoms. The third-order valence-corrected chi connectivity index (χ3v) is 5.02. The van der Waals surface area contributed by atoms with Crippen LogP contribution in [-0.4, -0.2) is 45.9 Å². The Hall–Kier alpha value is -1.60. The third kappa shape index (κ3) is 4.18. The first-order valence-corrected chi connectivity index (χ1v) is 8.56. The van der Waals surface area contributed by atoms with Gasteiger partial charge in [-0.1, -0.05) is 0 Å². The number of nitrogens with zero attached hydrogens (tertiary/aromatic N) is 1. The minimum absolute atomic E-state index is 0.0848. The van der Waals surface area contributed by atoms with Gasteiger partial charge < -0.3 is 10.2 Å². The fraction of sp³-hybridized carbons (Fsp3) is 0.500. The predicted molar refractivity (Wildman–Crippen MR) is 81.6 cm³/mol. The van der Waals surface area contributed by atoms with Crippen molar-refractivity contribution in [3.8, 4) is 0 Å². The highest BCUT2D eigenvalue weighted by molar-refractivity contribution is 7.89. The van der Waals surface area contributed by atoms with Crippen molar-refractivity contribution < 1.29 is 13.2 Å². The van der Waals surface area contributed by atoms with Crippen LogP contribution < -0.4 is 10.0 Å². The van der Waals surface area contributed by atoms with Gasteiger partial charge in [0.15, 0.2) is 0 Å². The molecule has 1 aromatic carbocycles. The molecule has 0 spiro atoms. The van der Waals surface area contributed by atoms with E-state index in [9.17, 15) is 13.2 Å². The van der Waals surface area contributed by atoms with E-state index in [-0.39, 0.29) is 17.3 Å². The van der Waals surface area contributed by atoms with Crippen LogP contribution in [0.4, 0.5) is 5.69 Å². The van der Waals surface area contributed by atoms with Crippen LogP contribution in [0, 0.1) is 0 Å². The van der Waals surface area contributed by atoms with E-state index in [2.05, 4.69) is 10.0 Å². The van der Waals surface area contributed by atoms with Crippen molar-refractivity contribution in [2.75, 3.05) is 32.0 Å². The number of sulfonamides is 1. The number of piperidine rings is 1. The van der Waals surface area contributed by atoms with Gasteiger partial charge >= 0.3 is 0 Å². The SMILES string of the molecule is CNS(=O)(=O)c1ccc(NCC(=O)N2CCCCC2)cc1. The fourth-order valence-electron chi connectivity index (χ4n) is 2.30. The molecule has 21 heavy (non-hydrogen) atoms. The molecule has 0 bridgehead atoms. The molecule has 1 heterocycles. The van der Waals surface area contributed by atoms with Gasteiger partial charge in [0.25, 0.3) is 0 Å². The number of hydrogen-bond donors (Lipinski definition) is 2. The van der Waals surface area contributed by atoms with Gasteiger partial charge in [0.1, 0.15) is 0 Å². The molecule has 6 nitrogen and oxygen atoms in total. The molecule has 0 aromatic heterocycles. The summed E-state index contributed by atoms with van der Waals surface area (Å²) in [6.45, 7) is 1.90. The van der Waals surface area contributed by atoms with Crippen molar-refractivity contribution in [1.82, 2.24) is 9.62 Å². The zero-order valence-electron chi connectivity index (χ0n) is 12.1. The van der Waals surface area contributed by atoms with Gasteiger partial charge in [-0.3, -0.25) is 4.79 Å². The topological polar surface area (TPSA) is 78.5 Å². The number of likely N-dealkylation sites (tertiary alicyclic amines) is 1. The first-order chi connectivity index (χ1) is 10.0. The minimum Gasteiger partial charge on any atom is -0.376 e. The average molecular weight is 311 g/mol. The maximum Gasteiger partial charge on any atom is 0.241 e. The maximum atomic E-state index is 12.0. The molecule has 1 aromatic rings. The van der Waals surface area contributed by atoms with Crippen molar-refractivity contribution >= 4 is 21.6 Å². The normalized spacial score (nSPS) is 15.8. The summed E-state index contributed by atoms with van der Waals surface area (Å²) >= 11 is 0. The van der Waals surface area contributed by atoms with Crippen molar-refractivity contribution in [2.24, 2.45) is 0 Å². The van der Waals surface area contributed by atoms with Crippen LogP contribution in [-0.2, 0) is 14.8 Å². The Morgan fingerprint density at radius 3 is 2.33 bits per heavy atom. The highest BCUT2D eigenvalue weighted by Gasteiger charge is 2.16. The quantitative estimate of drug-likeness (QED) is 0.851. The number of anilines is 1. The molecule has 0 radical (unpaired) electrons. The zero-order chi connectivity index (χ0) is 15.3. The number of carbonyl (C=O) groups excluding carboxylic acids is 1. The Bertz CT molecular complexity index is 578. The van der Waals surface area contributed by atoms with E-state index in [0.717, 1.165) is 31.6 Å². The van der Waals surface area contributed by atoms with E-state index in [1.807, 2.05) is 4.90 Å². The molecule has 1 aliphatic heterocycles. The second-order valence-electron chi connectivity index (χ2n) is 5.03. The van der Waals surface area contributed by atoms with Gasteiger partial charge in [-0.25, -0.2) is 13.1 Å². The Morgan fingerprint density at radius 2 is 1.76 bits per heavy atom. The van der Waals surface area contributed by atoms with Crippen LogP contribution >= 0.6 is 0 Å². The van der Waals surface area contributed by atoms with Crippen molar-refractivity contribution in [3.05, 3.63) is 24.3 Å². The molecule has 0 saturated carbocycles. The van der Waals surface area contributed by atoms with Gasteiger partial charge in [-0.05, 0) is 50.6 Å². The monoisotopic (exact) mass is 311 g/mol. The Balaban J connectivity index is 1.90. The van der Waals surface area contributed by atoms with Crippen molar-refractivity contribution in [2.45, 2.75) is 24.2 Å². The predicted octanol–water partition coefficient (Wildman–Crippen LogP) is 1.02. The lowest BCUT2D eigenvalue weighted by molar-refractivity contribution is -0.130. The van der Waals surface area contributed by atoms with Crippen molar-refractivity contribution in [1.29, 1.82) is 0 Å². The lowest BCUT2D eigenvalue weighted by Gasteiger charge is -2.26. The number of rotatable bonds is 5. The number of hydrogen-bond acceptors (Lipinski definition) is 4. The van der Waals surface area contributed by atoms with Gasteiger partial charge in [0, 0.05) is 18.8 Å². The molecule has 2 N–H and O–H groups in total. The van der Waals surface area contributed by atoms with Crippen LogP contribution in [0.2, 0.25) is 0 Å². The first kappa shape index (κ1) is 15.8. The molecule has 2 rings (SSSR count). The molecule has 1 saturated heterocycles. The number of carbonyl (C=O) groups is 1. The summed E-state index contributed by atoms with van der Waals surface area (Å²) < 4.78 is 25.4. The van der Waals surface area contributed by atoms with Gasteiger partial charge in [0.2, 0.25) is 15.9 Å². The van der Waals surface area contributed by atoms with Crippen LogP contribution in [0.1, 0.15) is 19.3 Å². The fourth-order valence-corrected chi connectivity index (χ4v) is 3.03. The van der Waals surface area contributed by atoms with E-state index in [1.54, 1.807) is 12.1 Å². The standard InChI is InChI=1S/C14H21N3O3S/c1-15-21(19,20)13-7-5-12(6-8-13)16-11-14(18)17-9-3-2-4-10-17/h5-8,15-16H,2-4,9-11H2,1H3. The highest BCUT2D eigenvalue weighted by atomic mass is 32.2. The molecule has 116 valence electrons. The second kappa shape index (κ2) is 6.91. The van der Waals surface area contributed by atoms with Crippen LogP contribution in [0.25, 0.3) is 0 Å². The summed E-state index contributed by atoms with van der Waals surface area (Å²) in [5, 5.41) is 3.03. The molecular weight excluding hydrogens is 290 g/mol. The third-order valence-electron chi connectivity index (χ3n) is 3.59. The van der Waals surface area contributed by atoms with E-state index in [0.29, 0.717) is 0 Å². The summed E-state index contributed by atoms with van der Waals surface area (Å²) in [4.78, 5) is 14.1. The molecule has 0 aliphatic carbocycles. The molecule has 1 aliphatic rings. The van der Waals surface area contributed by atoms with E-state index in [1.165, 1.54) is 25.6 Å². The second-order valence-corrected chi connectivity index (χ2v) is 6.91. The minimum atomic E-state index is -3.42. The van der Waals surface area contributed by atoms with E-state index >= 15 is 0 Å². The Morgan fingerprint density at radius 1 is 1.14 bits per heavy atom.